The molecule has 6 heteroatoms. The number of halogens is 1. The average molecular weight is 315 g/mol. The molecule has 4 nitrogen and oxygen atoms in total. The minimum Gasteiger partial charge on any atom is -0.392 e. The average Bonchev–Trinajstić information content (AvgIpc) is 2.40. The Bertz CT molecular complexity index is 641. The Morgan fingerprint density at radius 1 is 1.38 bits per heavy atom. The summed E-state index contributed by atoms with van der Waals surface area (Å²) in [4.78, 5) is -0.0377. The Kier molecular flexibility index (Phi) is 4.42. The molecule has 0 saturated carbocycles. The Labute approximate surface area is 125 Å². The topological polar surface area (TPSA) is 57.6 Å². The van der Waals surface area contributed by atoms with Crippen molar-refractivity contribution in [3.8, 4) is 0 Å². The van der Waals surface area contributed by atoms with Crippen molar-refractivity contribution in [3.63, 3.8) is 0 Å². The molecule has 2 rings (SSSR count). The zero-order valence-corrected chi connectivity index (χ0v) is 13.5. The molecule has 0 unspecified atom stereocenters. The van der Waals surface area contributed by atoms with E-state index in [1.54, 1.807) is 0 Å². The summed E-state index contributed by atoms with van der Waals surface area (Å²) in [5.41, 5.74) is 0.301. The monoisotopic (exact) mass is 315 g/mol. The van der Waals surface area contributed by atoms with Crippen LogP contribution in [0.2, 0.25) is 0 Å². The number of sulfonamides is 1. The summed E-state index contributed by atoms with van der Waals surface area (Å²) < 4.78 is 40.9. The molecule has 1 fully saturated rings. The number of piperidine rings is 1. The Morgan fingerprint density at radius 2 is 2.05 bits per heavy atom. The summed E-state index contributed by atoms with van der Waals surface area (Å²) in [6.45, 7) is 6.03. The SMILES string of the molecule is Cc1c(F)cc(CO)cc1S(=O)(=O)N1CCCC(C)(C)C1. The quantitative estimate of drug-likeness (QED) is 0.932. The molecule has 1 saturated heterocycles. The normalized spacial score (nSPS) is 19.7. The van der Waals surface area contributed by atoms with Crippen LogP contribution in [0.4, 0.5) is 4.39 Å². The highest BCUT2D eigenvalue weighted by molar-refractivity contribution is 7.89. The van der Waals surface area contributed by atoms with Gasteiger partial charge in [0, 0.05) is 18.7 Å². The fourth-order valence-electron chi connectivity index (χ4n) is 2.78. The van der Waals surface area contributed by atoms with E-state index in [0.29, 0.717) is 13.1 Å². The van der Waals surface area contributed by atoms with Crippen LogP contribution in [0.15, 0.2) is 17.0 Å². The Morgan fingerprint density at radius 3 is 2.62 bits per heavy atom. The lowest BCUT2D eigenvalue weighted by atomic mass is 9.85. The summed E-state index contributed by atoms with van der Waals surface area (Å²) in [6.07, 6.45) is 1.77. The maximum atomic E-state index is 13.9. The number of hydrogen-bond acceptors (Lipinski definition) is 3. The van der Waals surface area contributed by atoms with Gasteiger partial charge in [-0.25, -0.2) is 12.8 Å². The number of benzene rings is 1. The second-order valence-electron chi connectivity index (χ2n) is 6.47. The van der Waals surface area contributed by atoms with E-state index in [4.69, 9.17) is 5.11 Å². The van der Waals surface area contributed by atoms with E-state index < -0.39 is 15.8 Å². The summed E-state index contributed by atoms with van der Waals surface area (Å²) >= 11 is 0. The van der Waals surface area contributed by atoms with Gasteiger partial charge in [-0.3, -0.25) is 0 Å². The van der Waals surface area contributed by atoms with Crippen molar-refractivity contribution in [2.24, 2.45) is 5.41 Å². The van der Waals surface area contributed by atoms with Gasteiger partial charge in [-0.15, -0.1) is 0 Å². The van der Waals surface area contributed by atoms with Gasteiger partial charge < -0.3 is 5.11 Å². The van der Waals surface area contributed by atoms with E-state index in [0.717, 1.165) is 12.8 Å². The zero-order chi connectivity index (χ0) is 15.8. The highest BCUT2D eigenvalue weighted by Crippen LogP contribution is 2.33. The van der Waals surface area contributed by atoms with Crippen molar-refractivity contribution in [1.29, 1.82) is 0 Å². The minimum absolute atomic E-state index is 0.0377. The number of aliphatic hydroxyl groups excluding tert-OH is 1. The Hall–Kier alpha value is -0.980. The van der Waals surface area contributed by atoms with E-state index >= 15 is 0 Å². The lowest BCUT2D eigenvalue weighted by Crippen LogP contribution is -2.43. The lowest BCUT2D eigenvalue weighted by Gasteiger charge is -2.37. The minimum atomic E-state index is -3.74. The number of nitrogens with zero attached hydrogens (tertiary/aromatic N) is 1. The molecule has 1 aromatic carbocycles. The van der Waals surface area contributed by atoms with Gasteiger partial charge >= 0.3 is 0 Å². The van der Waals surface area contributed by atoms with Gasteiger partial charge in [0.2, 0.25) is 10.0 Å². The highest BCUT2D eigenvalue weighted by atomic mass is 32.2. The van der Waals surface area contributed by atoms with Crippen molar-refractivity contribution in [2.75, 3.05) is 13.1 Å². The predicted molar refractivity (Wildman–Crippen MR) is 78.8 cm³/mol. The molecule has 0 amide bonds. The summed E-state index contributed by atoms with van der Waals surface area (Å²) in [5.74, 6) is -0.601. The molecule has 0 aliphatic carbocycles. The van der Waals surface area contributed by atoms with Crippen LogP contribution in [0.3, 0.4) is 0 Å². The third kappa shape index (κ3) is 3.27. The first-order chi connectivity index (χ1) is 9.67. The fourth-order valence-corrected chi connectivity index (χ4v) is 4.73. The molecule has 1 aliphatic rings. The fraction of sp³-hybridized carbons (Fsp3) is 0.600. The van der Waals surface area contributed by atoms with Crippen molar-refractivity contribution in [1.82, 2.24) is 4.31 Å². The molecule has 1 N–H and O–H groups in total. The maximum absolute atomic E-state index is 13.9. The number of rotatable bonds is 3. The van der Waals surface area contributed by atoms with Gasteiger partial charge in [-0.2, -0.15) is 4.31 Å². The molecular weight excluding hydrogens is 293 g/mol. The van der Waals surface area contributed by atoms with Gasteiger partial charge in [-0.05, 0) is 42.9 Å². The molecule has 1 heterocycles. The van der Waals surface area contributed by atoms with Crippen LogP contribution in [0.1, 0.15) is 37.8 Å². The van der Waals surface area contributed by atoms with Gasteiger partial charge in [0.25, 0.3) is 0 Å². The summed E-state index contributed by atoms with van der Waals surface area (Å²) in [6, 6.07) is 2.55. The predicted octanol–water partition coefficient (Wildman–Crippen LogP) is 2.44. The second-order valence-corrected chi connectivity index (χ2v) is 8.37. The third-order valence-electron chi connectivity index (χ3n) is 4.02. The van der Waals surface area contributed by atoms with E-state index in [1.165, 1.54) is 23.4 Å². The number of hydrogen-bond donors (Lipinski definition) is 1. The van der Waals surface area contributed by atoms with Crippen LogP contribution in [-0.4, -0.2) is 30.9 Å². The third-order valence-corrected chi connectivity index (χ3v) is 5.99. The van der Waals surface area contributed by atoms with E-state index in [-0.39, 0.29) is 28.0 Å². The second kappa shape index (κ2) is 5.66. The Balaban J connectivity index is 2.47. The smallest absolute Gasteiger partial charge is 0.243 e. The van der Waals surface area contributed by atoms with Crippen molar-refractivity contribution < 1.29 is 17.9 Å². The molecule has 0 radical (unpaired) electrons. The first-order valence-corrected chi connectivity index (χ1v) is 8.51. The molecule has 0 spiro atoms. The maximum Gasteiger partial charge on any atom is 0.243 e. The van der Waals surface area contributed by atoms with Gasteiger partial charge in [0.1, 0.15) is 5.82 Å². The molecule has 1 aromatic rings. The van der Waals surface area contributed by atoms with Crippen LogP contribution < -0.4 is 0 Å². The van der Waals surface area contributed by atoms with Crippen LogP contribution in [-0.2, 0) is 16.6 Å². The van der Waals surface area contributed by atoms with Crippen LogP contribution in [0.5, 0.6) is 0 Å². The summed E-state index contributed by atoms with van der Waals surface area (Å²) in [5, 5.41) is 9.16. The van der Waals surface area contributed by atoms with Gasteiger partial charge in [0.15, 0.2) is 0 Å². The molecule has 118 valence electrons. The van der Waals surface area contributed by atoms with Gasteiger partial charge in [-0.1, -0.05) is 13.8 Å². The number of aliphatic hydroxyl groups is 1. The first-order valence-electron chi connectivity index (χ1n) is 7.07. The summed E-state index contributed by atoms with van der Waals surface area (Å²) in [7, 11) is -3.74. The molecule has 0 bridgehead atoms. The van der Waals surface area contributed by atoms with E-state index in [2.05, 4.69) is 0 Å². The van der Waals surface area contributed by atoms with Crippen molar-refractivity contribution in [2.45, 2.75) is 45.1 Å². The van der Waals surface area contributed by atoms with Crippen molar-refractivity contribution >= 4 is 10.0 Å². The molecule has 0 aromatic heterocycles. The first kappa shape index (κ1) is 16.4. The van der Waals surface area contributed by atoms with Gasteiger partial charge in [0.05, 0.1) is 11.5 Å². The molecular formula is C15H22FNO3S. The van der Waals surface area contributed by atoms with Crippen molar-refractivity contribution in [3.05, 3.63) is 29.1 Å². The molecule has 1 aliphatic heterocycles. The standard InChI is InChI=1S/C15H22FNO3S/c1-11-13(16)7-12(9-18)8-14(11)21(19,20)17-6-4-5-15(2,3)10-17/h7-8,18H,4-6,9-10H2,1-3H3. The van der Waals surface area contributed by atoms with Crippen LogP contribution >= 0.6 is 0 Å². The zero-order valence-electron chi connectivity index (χ0n) is 12.7. The lowest BCUT2D eigenvalue weighted by molar-refractivity contribution is 0.187. The van der Waals surface area contributed by atoms with E-state index in [9.17, 15) is 12.8 Å². The van der Waals surface area contributed by atoms with E-state index in [1.807, 2.05) is 13.8 Å². The van der Waals surface area contributed by atoms with Crippen LogP contribution in [0, 0.1) is 18.2 Å². The molecule has 21 heavy (non-hydrogen) atoms. The molecule has 0 atom stereocenters. The largest absolute Gasteiger partial charge is 0.392 e. The van der Waals surface area contributed by atoms with Crippen LogP contribution in [0.25, 0.3) is 0 Å². The highest BCUT2D eigenvalue weighted by Gasteiger charge is 2.35.